The van der Waals surface area contributed by atoms with Crippen molar-refractivity contribution in [2.75, 3.05) is 20.8 Å². The zero-order chi connectivity index (χ0) is 17.5. The minimum atomic E-state index is 0.638. The maximum absolute atomic E-state index is 5.31. The summed E-state index contributed by atoms with van der Waals surface area (Å²) in [5.41, 5.74) is 3.43. The van der Waals surface area contributed by atoms with Gasteiger partial charge in [0.2, 0.25) is 0 Å². The number of hydrogen-bond donors (Lipinski definition) is 2. The van der Waals surface area contributed by atoms with Gasteiger partial charge in [-0.05, 0) is 43.3 Å². The molecule has 7 heteroatoms. The van der Waals surface area contributed by atoms with E-state index < -0.39 is 0 Å². The van der Waals surface area contributed by atoms with Gasteiger partial charge in [-0.3, -0.25) is 4.68 Å². The average molecular weight is 348 g/mol. The molecular weight excluding hydrogens is 324 g/mol. The predicted molar refractivity (Wildman–Crippen MR) is 98.6 cm³/mol. The number of aromatic nitrogens is 2. The second-order valence-electron chi connectivity index (χ2n) is 5.43. The van der Waals surface area contributed by atoms with Crippen LogP contribution in [0.25, 0.3) is 0 Å². The van der Waals surface area contributed by atoms with E-state index in [4.69, 9.17) is 21.7 Å². The smallest absolute Gasteiger partial charge is 0.166 e. The Hall–Kier alpha value is -2.28. The lowest BCUT2D eigenvalue weighted by atomic mass is 10.1. The molecule has 1 aromatic carbocycles. The highest BCUT2D eigenvalue weighted by molar-refractivity contribution is 7.80. The first-order valence-corrected chi connectivity index (χ1v) is 8.16. The molecule has 130 valence electrons. The monoisotopic (exact) mass is 348 g/mol. The molecule has 0 atom stereocenters. The highest BCUT2D eigenvalue weighted by Gasteiger charge is 2.06. The maximum Gasteiger partial charge on any atom is 0.166 e. The van der Waals surface area contributed by atoms with Crippen molar-refractivity contribution in [2.45, 2.75) is 19.9 Å². The lowest BCUT2D eigenvalue weighted by molar-refractivity contribution is 0.354. The van der Waals surface area contributed by atoms with Gasteiger partial charge in [-0.25, -0.2) is 0 Å². The number of ether oxygens (including phenoxy) is 2. The molecule has 0 aliphatic carbocycles. The van der Waals surface area contributed by atoms with Crippen LogP contribution >= 0.6 is 12.2 Å². The molecule has 0 spiro atoms. The van der Waals surface area contributed by atoms with Crippen LogP contribution < -0.4 is 20.1 Å². The van der Waals surface area contributed by atoms with Gasteiger partial charge in [-0.1, -0.05) is 6.07 Å². The zero-order valence-corrected chi connectivity index (χ0v) is 15.4. The molecule has 0 fully saturated rings. The number of methoxy groups -OCH3 is 2. The molecule has 1 heterocycles. The van der Waals surface area contributed by atoms with E-state index in [1.165, 1.54) is 0 Å². The van der Waals surface area contributed by atoms with E-state index in [2.05, 4.69) is 15.7 Å². The number of thiocarbonyl (C=S) groups is 1. The van der Waals surface area contributed by atoms with Gasteiger partial charge in [0.05, 0.1) is 20.4 Å². The highest BCUT2D eigenvalue weighted by atomic mass is 32.1. The third kappa shape index (κ3) is 4.61. The van der Waals surface area contributed by atoms with Crippen molar-refractivity contribution in [1.82, 2.24) is 20.4 Å². The van der Waals surface area contributed by atoms with Crippen molar-refractivity contribution in [1.29, 1.82) is 0 Å². The Balaban J connectivity index is 1.77. The van der Waals surface area contributed by atoms with Crippen molar-refractivity contribution < 1.29 is 9.47 Å². The highest BCUT2D eigenvalue weighted by Crippen LogP contribution is 2.27. The molecule has 0 unspecified atom stereocenters. The van der Waals surface area contributed by atoms with Crippen molar-refractivity contribution in [2.24, 2.45) is 7.05 Å². The van der Waals surface area contributed by atoms with Crippen LogP contribution in [0.3, 0.4) is 0 Å². The average Bonchev–Trinajstić information content (AvgIpc) is 2.91. The largest absolute Gasteiger partial charge is 0.493 e. The SMILES string of the molecule is COc1ccc(CCNC(=S)NCc2cnn(C)c2C)cc1OC. The van der Waals surface area contributed by atoms with Crippen LogP contribution in [0, 0.1) is 6.92 Å². The molecule has 0 bridgehead atoms. The van der Waals surface area contributed by atoms with Gasteiger partial charge >= 0.3 is 0 Å². The van der Waals surface area contributed by atoms with Crippen LogP contribution in [0.4, 0.5) is 0 Å². The van der Waals surface area contributed by atoms with E-state index in [0.29, 0.717) is 11.7 Å². The topological polar surface area (TPSA) is 60.3 Å². The van der Waals surface area contributed by atoms with Gasteiger partial charge < -0.3 is 20.1 Å². The second-order valence-corrected chi connectivity index (χ2v) is 5.84. The second kappa shape index (κ2) is 8.54. The molecule has 2 N–H and O–H groups in total. The van der Waals surface area contributed by atoms with Crippen LogP contribution in [-0.4, -0.2) is 35.7 Å². The van der Waals surface area contributed by atoms with Crippen LogP contribution in [0.1, 0.15) is 16.8 Å². The van der Waals surface area contributed by atoms with Gasteiger partial charge in [0.15, 0.2) is 16.6 Å². The Morgan fingerprint density at radius 1 is 1.21 bits per heavy atom. The molecule has 24 heavy (non-hydrogen) atoms. The minimum absolute atomic E-state index is 0.638. The summed E-state index contributed by atoms with van der Waals surface area (Å²) in [5.74, 6) is 1.47. The number of aryl methyl sites for hydroxylation is 1. The summed E-state index contributed by atoms with van der Waals surface area (Å²) in [7, 11) is 5.20. The number of rotatable bonds is 7. The Kier molecular flexibility index (Phi) is 6.43. The first kappa shape index (κ1) is 18.1. The van der Waals surface area contributed by atoms with E-state index in [1.54, 1.807) is 14.2 Å². The van der Waals surface area contributed by atoms with Crippen molar-refractivity contribution in [3.63, 3.8) is 0 Å². The summed E-state index contributed by atoms with van der Waals surface area (Å²) in [6.07, 6.45) is 2.70. The molecule has 6 nitrogen and oxygen atoms in total. The fourth-order valence-electron chi connectivity index (χ4n) is 2.31. The summed E-state index contributed by atoms with van der Waals surface area (Å²) in [6.45, 7) is 3.45. The van der Waals surface area contributed by atoms with Crippen LogP contribution in [0.5, 0.6) is 11.5 Å². The standard InChI is InChI=1S/C17H24N4O2S/c1-12-14(11-20-21(12)2)10-19-17(24)18-8-7-13-5-6-15(22-3)16(9-13)23-4/h5-6,9,11H,7-8,10H2,1-4H3,(H2,18,19,24). The molecule has 0 saturated heterocycles. The van der Waals surface area contributed by atoms with E-state index in [9.17, 15) is 0 Å². The molecule has 0 radical (unpaired) electrons. The summed E-state index contributed by atoms with van der Waals surface area (Å²) in [6, 6.07) is 5.92. The quantitative estimate of drug-likeness (QED) is 0.746. The lowest BCUT2D eigenvalue weighted by Gasteiger charge is -2.12. The number of nitrogens with zero attached hydrogens (tertiary/aromatic N) is 2. The molecule has 1 aromatic heterocycles. The van der Waals surface area contributed by atoms with Crippen LogP contribution in [0.2, 0.25) is 0 Å². The first-order chi connectivity index (χ1) is 11.5. The Morgan fingerprint density at radius 2 is 1.96 bits per heavy atom. The molecular formula is C17H24N4O2S. The summed E-state index contributed by atoms with van der Waals surface area (Å²) < 4.78 is 12.4. The van der Waals surface area contributed by atoms with E-state index in [0.717, 1.165) is 41.3 Å². The van der Waals surface area contributed by atoms with E-state index in [-0.39, 0.29) is 0 Å². The third-order valence-corrected chi connectivity index (χ3v) is 4.21. The molecule has 0 aliphatic heterocycles. The molecule has 0 amide bonds. The summed E-state index contributed by atoms with van der Waals surface area (Å²) in [4.78, 5) is 0. The molecule has 0 aliphatic rings. The lowest BCUT2D eigenvalue weighted by Crippen LogP contribution is -2.36. The van der Waals surface area contributed by atoms with Gasteiger partial charge in [0, 0.05) is 31.4 Å². The normalized spacial score (nSPS) is 10.3. The van der Waals surface area contributed by atoms with Crippen LogP contribution in [0.15, 0.2) is 24.4 Å². The molecule has 2 rings (SSSR count). The van der Waals surface area contributed by atoms with E-state index in [1.807, 2.05) is 43.0 Å². The van der Waals surface area contributed by atoms with Gasteiger partial charge in [0.1, 0.15) is 0 Å². The maximum atomic E-state index is 5.31. The van der Waals surface area contributed by atoms with Gasteiger partial charge in [-0.2, -0.15) is 5.10 Å². The molecule has 0 saturated carbocycles. The van der Waals surface area contributed by atoms with Gasteiger partial charge in [0.25, 0.3) is 0 Å². The Labute approximate surface area is 148 Å². The zero-order valence-electron chi connectivity index (χ0n) is 14.5. The summed E-state index contributed by atoms with van der Waals surface area (Å²) in [5, 5.41) is 11.3. The fourth-order valence-corrected chi connectivity index (χ4v) is 2.49. The van der Waals surface area contributed by atoms with Crippen LogP contribution in [-0.2, 0) is 20.0 Å². The number of nitrogens with one attached hydrogen (secondary N) is 2. The van der Waals surface area contributed by atoms with Crippen molar-refractivity contribution in [3.05, 3.63) is 41.2 Å². The Morgan fingerprint density at radius 3 is 2.58 bits per heavy atom. The molecule has 2 aromatic rings. The third-order valence-electron chi connectivity index (χ3n) is 3.92. The van der Waals surface area contributed by atoms with Crippen molar-refractivity contribution in [3.8, 4) is 11.5 Å². The minimum Gasteiger partial charge on any atom is -0.493 e. The summed E-state index contributed by atoms with van der Waals surface area (Å²) >= 11 is 5.31. The number of benzene rings is 1. The fraction of sp³-hybridized carbons (Fsp3) is 0.412. The predicted octanol–water partition coefficient (Wildman–Crippen LogP) is 1.95. The first-order valence-electron chi connectivity index (χ1n) is 7.75. The Bertz CT molecular complexity index is 700. The van der Waals surface area contributed by atoms with Crippen molar-refractivity contribution >= 4 is 17.3 Å². The number of hydrogen-bond acceptors (Lipinski definition) is 4. The van der Waals surface area contributed by atoms with E-state index >= 15 is 0 Å². The van der Waals surface area contributed by atoms with Gasteiger partial charge in [-0.15, -0.1) is 0 Å².